The summed E-state index contributed by atoms with van der Waals surface area (Å²) >= 11 is 0. The number of rotatable bonds is 4. The van der Waals surface area contributed by atoms with Gasteiger partial charge in [0.15, 0.2) is 5.82 Å². The van der Waals surface area contributed by atoms with E-state index < -0.39 is 0 Å². The van der Waals surface area contributed by atoms with Crippen LogP contribution in [0.2, 0.25) is 0 Å². The summed E-state index contributed by atoms with van der Waals surface area (Å²) in [6.45, 7) is 4.58. The Morgan fingerprint density at radius 2 is 2.00 bits per heavy atom. The van der Waals surface area contributed by atoms with Gasteiger partial charge in [0, 0.05) is 43.6 Å². The Morgan fingerprint density at radius 1 is 1.21 bits per heavy atom. The first-order valence-electron chi connectivity index (χ1n) is 9.65. The lowest BCUT2D eigenvalue weighted by molar-refractivity contribution is -0.114. The maximum Gasteiger partial charge on any atom is 0.222 e. The van der Waals surface area contributed by atoms with Crippen molar-refractivity contribution in [3.05, 3.63) is 36.2 Å². The average Bonchev–Trinajstić information content (AvgIpc) is 3.49. The Morgan fingerprint density at radius 3 is 2.75 bits per heavy atom. The van der Waals surface area contributed by atoms with Crippen molar-refractivity contribution < 1.29 is 9.53 Å². The standard InChI is InChI=1S/C20H22N6O2/c1-13(27)22-17-11-16-15(12-21-17)20(14-5-6-14)24-26(16)19-4-2-3-18(23-19)25-7-9-28-10-8-25/h2-4,11-12,14H,5-10H2,1H3,(H,21,22,27). The van der Waals surface area contributed by atoms with Crippen LogP contribution in [-0.4, -0.2) is 52.0 Å². The number of anilines is 2. The SMILES string of the molecule is CC(=O)Nc1cc2c(cn1)c(C1CC1)nn2-c1cccc(N2CCOCC2)n1. The van der Waals surface area contributed by atoms with E-state index >= 15 is 0 Å². The predicted octanol–water partition coefficient (Wildman–Crippen LogP) is 2.49. The molecule has 5 rings (SSSR count). The van der Waals surface area contributed by atoms with Gasteiger partial charge in [0.25, 0.3) is 0 Å². The highest BCUT2D eigenvalue weighted by molar-refractivity contribution is 5.91. The molecule has 2 fully saturated rings. The molecule has 8 nitrogen and oxygen atoms in total. The summed E-state index contributed by atoms with van der Waals surface area (Å²) in [5, 5.41) is 8.67. The zero-order valence-corrected chi connectivity index (χ0v) is 15.8. The second-order valence-electron chi connectivity index (χ2n) is 7.29. The molecule has 0 unspecified atom stereocenters. The average molecular weight is 378 g/mol. The molecule has 3 aromatic heterocycles. The van der Waals surface area contributed by atoms with Gasteiger partial charge in [-0.2, -0.15) is 5.10 Å². The Bertz CT molecular complexity index is 1040. The van der Waals surface area contributed by atoms with Crippen LogP contribution < -0.4 is 10.2 Å². The fourth-order valence-electron chi connectivity index (χ4n) is 3.61. The van der Waals surface area contributed by atoms with Gasteiger partial charge in [0.2, 0.25) is 5.91 Å². The van der Waals surface area contributed by atoms with Gasteiger partial charge in [-0.1, -0.05) is 6.07 Å². The van der Waals surface area contributed by atoms with E-state index in [0.29, 0.717) is 24.9 Å². The van der Waals surface area contributed by atoms with Gasteiger partial charge in [-0.15, -0.1) is 0 Å². The molecule has 0 radical (unpaired) electrons. The highest BCUT2D eigenvalue weighted by Gasteiger charge is 2.30. The van der Waals surface area contributed by atoms with E-state index in [0.717, 1.165) is 54.2 Å². The van der Waals surface area contributed by atoms with Crippen LogP contribution in [0.1, 0.15) is 31.4 Å². The van der Waals surface area contributed by atoms with Crippen LogP contribution in [0.5, 0.6) is 0 Å². The third-order valence-electron chi connectivity index (χ3n) is 5.13. The lowest BCUT2D eigenvalue weighted by atomic mass is 10.2. The summed E-state index contributed by atoms with van der Waals surface area (Å²) < 4.78 is 7.32. The number of ether oxygens (including phenoxy) is 1. The van der Waals surface area contributed by atoms with Crippen LogP contribution >= 0.6 is 0 Å². The Balaban J connectivity index is 1.60. The molecule has 1 amide bonds. The first-order valence-corrected chi connectivity index (χ1v) is 9.65. The van der Waals surface area contributed by atoms with E-state index in [1.54, 1.807) is 0 Å². The highest BCUT2D eigenvalue weighted by Crippen LogP contribution is 2.43. The summed E-state index contributed by atoms with van der Waals surface area (Å²) in [5.41, 5.74) is 1.97. The van der Waals surface area contributed by atoms with Crippen molar-refractivity contribution in [2.24, 2.45) is 0 Å². The van der Waals surface area contributed by atoms with Gasteiger partial charge in [-0.25, -0.2) is 14.6 Å². The van der Waals surface area contributed by atoms with Gasteiger partial charge in [0.1, 0.15) is 11.6 Å². The smallest absolute Gasteiger partial charge is 0.222 e. The summed E-state index contributed by atoms with van der Waals surface area (Å²) in [5.74, 6) is 2.55. The zero-order valence-electron chi connectivity index (χ0n) is 15.8. The van der Waals surface area contributed by atoms with E-state index in [4.69, 9.17) is 14.8 Å². The van der Waals surface area contributed by atoms with Crippen molar-refractivity contribution in [1.29, 1.82) is 0 Å². The van der Waals surface area contributed by atoms with Crippen LogP contribution in [0.15, 0.2) is 30.5 Å². The predicted molar refractivity (Wildman–Crippen MR) is 106 cm³/mol. The molecule has 8 heteroatoms. The third-order valence-corrected chi connectivity index (χ3v) is 5.13. The fourth-order valence-corrected chi connectivity index (χ4v) is 3.61. The summed E-state index contributed by atoms with van der Waals surface area (Å²) in [4.78, 5) is 22.9. The van der Waals surface area contributed by atoms with E-state index in [1.807, 2.05) is 35.1 Å². The number of aromatic nitrogens is 4. The van der Waals surface area contributed by atoms with Crippen molar-refractivity contribution in [1.82, 2.24) is 19.7 Å². The van der Waals surface area contributed by atoms with Crippen molar-refractivity contribution in [3.63, 3.8) is 0 Å². The molecule has 144 valence electrons. The van der Waals surface area contributed by atoms with E-state index in [1.165, 1.54) is 6.92 Å². The Kier molecular flexibility index (Phi) is 4.20. The molecule has 1 aliphatic heterocycles. The maximum absolute atomic E-state index is 11.4. The van der Waals surface area contributed by atoms with Crippen LogP contribution in [0, 0.1) is 0 Å². The third kappa shape index (κ3) is 3.20. The molecule has 3 aromatic rings. The molecule has 4 heterocycles. The van der Waals surface area contributed by atoms with Crippen molar-refractivity contribution >= 4 is 28.4 Å². The molecular weight excluding hydrogens is 356 g/mol. The lowest BCUT2D eigenvalue weighted by Gasteiger charge is -2.28. The van der Waals surface area contributed by atoms with Crippen LogP contribution in [-0.2, 0) is 9.53 Å². The van der Waals surface area contributed by atoms with E-state index in [2.05, 4.69) is 15.2 Å². The van der Waals surface area contributed by atoms with Gasteiger partial charge < -0.3 is 15.0 Å². The molecule has 28 heavy (non-hydrogen) atoms. The molecule has 0 atom stereocenters. The van der Waals surface area contributed by atoms with Crippen molar-refractivity contribution in [2.75, 3.05) is 36.5 Å². The molecule has 2 aliphatic rings. The van der Waals surface area contributed by atoms with E-state index in [-0.39, 0.29) is 5.91 Å². The maximum atomic E-state index is 11.4. The molecule has 1 saturated heterocycles. The number of pyridine rings is 2. The number of nitrogens with zero attached hydrogens (tertiary/aromatic N) is 5. The summed E-state index contributed by atoms with van der Waals surface area (Å²) in [7, 11) is 0. The number of hydrogen-bond donors (Lipinski definition) is 1. The first kappa shape index (κ1) is 17.1. The number of amides is 1. The Labute approximate surface area is 162 Å². The number of carbonyl (C=O) groups is 1. The first-order chi connectivity index (χ1) is 13.7. The second-order valence-corrected chi connectivity index (χ2v) is 7.29. The minimum absolute atomic E-state index is 0.146. The Hall–Kier alpha value is -3.00. The monoisotopic (exact) mass is 378 g/mol. The van der Waals surface area contributed by atoms with Crippen LogP contribution in [0.3, 0.4) is 0 Å². The van der Waals surface area contributed by atoms with Crippen LogP contribution in [0.25, 0.3) is 16.7 Å². The molecule has 1 saturated carbocycles. The number of fused-ring (bicyclic) bond motifs is 1. The minimum atomic E-state index is -0.146. The molecular formula is C20H22N6O2. The number of nitrogens with one attached hydrogen (secondary N) is 1. The number of morpholine rings is 1. The second kappa shape index (κ2) is 6.87. The summed E-state index contributed by atoms with van der Waals surface area (Å²) in [6, 6.07) is 7.87. The highest BCUT2D eigenvalue weighted by atomic mass is 16.5. The topological polar surface area (TPSA) is 85.2 Å². The largest absolute Gasteiger partial charge is 0.378 e. The minimum Gasteiger partial charge on any atom is -0.378 e. The molecule has 0 spiro atoms. The summed E-state index contributed by atoms with van der Waals surface area (Å²) in [6.07, 6.45) is 4.12. The van der Waals surface area contributed by atoms with E-state index in [9.17, 15) is 4.79 Å². The quantitative estimate of drug-likeness (QED) is 0.751. The molecule has 1 aliphatic carbocycles. The molecule has 0 aromatic carbocycles. The fraction of sp³-hybridized carbons (Fsp3) is 0.400. The van der Waals surface area contributed by atoms with Gasteiger partial charge >= 0.3 is 0 Å². The molecule has 0 bridgehead atoms. The van der Waals surface area contributed by atoms with Gasteiger partial charge in [-0.3, -0.25) is 4.79 Å². The van der Waals surface area contributed by atoms with Crippen molar-refractivity contribution in [3.8, 4) is 5.82 Å². The number of carbonyl (C=O) groups excluding carboxylic acids is 1. The van der Waals surface area contributed by atoms with Crippen LogP contribution in [0.4, 0.5) is 11.6 Å². The normalized spacial score (nSPS) is 17.1. The number of hydrogen-bond acceptors (Lipinski definition) is 6. The van der Waals surface area contributed by atoms with Gasteiger partial charge in [-0.05, 0) is 25.0 Å². The lowest BCUT2D eigenvalue weighted by Crippen LogP contribution is -2.36. The molecule has 1 N–H and O–H groups in total. The van der Waals surface area contributed by atoms with Gasteiger partial charge in [0.05, 0.1) is 24.4 Å². The van der Waals surface area contributed by atoms with Crippen molar-refractivity contribution in [2.45, 2.75) is 25.7 Å². The zero-order chi connectivity index (χ0) is 19.1.